The Labute approximate surface area is 130 Å². The number of carbonyl (C=O) groups excluding carboxylic acids is 1. The van der Waals surface area contributed by atoms with E-state index in [1.165, 1.54) is 23.2 Å². The Hall–Kier alpha value is -1.38. The smallest absolute Gasteiger partial charge is 0.349 e. The second-order valence-electron chi connectivity index (χ2n) is 4.92. The third-order valence-corrected chi connectivity index (χ3v) is 3.61. The summed E-state index contributed by atoms with van der Waals surface area (Å²) in [6.45, 7) is 1.07. The molecule has 122 valence electrons. The highest BCUT2D eigenvalue weighted by Gasteiger charge is 2.43. The molecule has 5 nitrogen and oxygen atoms in total. The average molecular weight is 337 g/mol. The number of aromatic nitrogens is 1. The molecule has 1 aliphatic rings. The zero-order valence-corrected chi connectivity index (χ0v) is 12.4. The van der Waals surface area contributed by atoms with Crippen molar-refractivity contribution in [3.05, 3.63) is 29.0 Å². The van der Waals surface area contributed by atoms with Gasteiger partial charge in [0.2, 0.25) is 0 Å². The Morgan fingerprint density at radius 2 is 2.09 bits per heavy atom. The summed E-state index contributed by atoms with van der Waals surface area (Å²) in [7, 11) is 0. The van der Waals surface area contributed by atoms with Crippen LogP contribution < -0.4 is 10.6 Å². The molecule has 0 bridgehead atoms. The van der Waals surface area contributed by atoms with Crippen LogP contribution in [0.15, 0.2) is 18.3 Å². The second kappa shape index (κ2) is 7.26. The second-order valence-corrected chi connectivity index (χ2v) is 5.35. The Kier molecular flexibility index (Phi) is 5.60. The molecule has 22 heavy (non-hydrogen) atoms. The molecule has 0 aliphatic carbocycles. The SMILES string of the molecule is O=C(NCC(N1CCNCC1)C(F)(F)F)c1ccc(Cl)cn1. The van der Waals surface area contributed by atoms with E-state index in [4.69, 9.17) is 11.6 Å². The van der Waals surface area contributed by atoms with Crippen LogP contribution in [0, 0.1) is 0 Å². The third kappa shape index (κ3) is 4.56. The van der Waals surface area contributed by atoms with E-state index in [2.05, 4.69) is 15.6 Å². The number of piperazine rings is 1. The fraction of sp³-hybridized carbons (Fsp3) is 0.538. The number of amides is 1. The summed E-state index contributed by atoms with van der Waals surface area (Å²) in [4.78, 5) is 17.0. The number of nitrogens with one attached hydrogen (secondary N) is 2. The predicted octanol–water partition coefficient (Wildman–Crippen LogP) is 1.30. The highest BCUT2D eigenvalue weighted by molar-refractivity contribution is 6.30. The molecule has 2 N–H and O–H groups in total. The van der Waals surface area contributed by atoms with Crippen LogP contribution in [-0.4, -0.2) is 60.7 Å². The molecule has 0 spiro atoms. The van der Waals surface area contributed by atoms with Gasteiger partial charge in [-0.15, -0.1) is 0 Å². The standard InChI is InChI=1S/C13H16ClF3N4O/c14-9-1-2-10(19-7-9)12(22)20-8-11(13(15,16)17)21-5-3-18-4-6-21/h1-2,7,11,18H,3-6,8H2,(H,20,22). The number of hydrogen-bond acceptors (Lipinski definition) is 4. The van der Waals surface area contributed by atoms with Gasteiger partial charge in [0.05, 0.1) is 5.02 Å². The minimum Gasteiger partial charge on any atom is -0.349 e. The molecule has 1 aromatic heterocycles. The summed E-state index contributed by atoms with van der Waals surface area (Å²) in [5, 5.41) is 5.65. The van der Waals surface area contributed by atoms with Crippen LogP contribution in [-0.2, 0) is 0 Å². The number of nitrogens with zero attached hydrogens (tertiary/aromatic N) is 2. The molecule has 0 aromatic carbocycles. The molecule has 0 saturated carbocycles. The van der Waals surface area contributed by atoms with E-state index in [-0.39, 0.29) is 5.69 Å². The largest absolute Gasteiger partial charge is 0.405 e. The number of hydrogen-bond donors (Lipinski definition) is 2. The van der Waals surface area contributed by atoms with E-state index < -0.39 is 24.7 Å². The molecule has 1 saturated heterocycles. The maximum absolute atomic E-state index is 13.2. The Morgan fingerprint density at radius 3 is 2.64 bits per heavy atom. The van der Waals surface area contributed by atoms with E-state index in [1.54, 1.807) is 0 Å². The fourth-order valence-corrected chi connectivity index (χ4v) is 2.35. The highest BCUT2D eigenvalue weighted by atomic mass is 35.5. The van der Waals surface area contributed by atoms with E-state index in [0.29, 0.717) is 31.2 Å². The van der Waals surface area contributed by atoms with Gasteiger partial charge in [0.25, 0.3) is 5.91 Å². The lowest BCUT2D eigenvalue weighted by Crippen LogP contribution is -2.57. The highest BCUT2D eigenvalue weighted by Crippen LogP contribution is 2.24. The number of carbonyl (C=O) groups is 1. The van der Waals surface area contributed by atoms with Crippen LogP contribution in [0.2, 0.25) is 5.02 Å². The molecule has 2 rings (SSSR count). The minimum atomic E-state index is -4.40. The van der Waals surface area contributed by atoms with Gasteiger partial charge in [-0.3, -0.25) is 9.69 Å². The molecular formula is C13H16ClF3N4O. The average Bonchev–Trinajstić information content (AvgIpc) is 2.47. The van der Waals surface area contributed by atoms with Crippen molar-refractivity contribution >= 4 is 17.5 Å². The van der Waals surface area contributed by atoms with Gasteiger partial charge in [-0.1, -0.05) is 11.6 Å². The van der Waals surface area contributed by atoms with Crippen molar-refractivity contribution in [2.75, 3.05) is 32.7 Å². The van der Waals surface area contributed by atoms with Crippen molar-refractivity contribution in [2.45, 2.75) is 12.2 Å². The topological polar surface area (TPSA) is 57.3 Å². The summed E-state index contributed by atoms with van der Waals surface area (Å²) in [5.74, 6) is -0.652. The van der Waals surface area contributed by atoms with Gasteiger partial charge >= 0.3 is 6.18 Å². The van der Waals surface area contributed by atoms with Gasteiger partial charge in [-0.25, -0.2) is 4.98 Å². The van der Waals surface area contributed by atoms with E-state index in [1.807, 2.05) is 0 Å². The number of pyridine rings is 1. The Bertz CT molecular complexity index is 503. The van der Waals surface area contributed by atoms with Crippen LogP contribution in [0.5, 0.6) is 0 Å². The normalized spacial score (nSPS) is 18.0. The van der Waals surface area contributed by atoms with Crippen molar-refractivity contribution < 1.29 is 18.0 Å². The predicted molar refractivity (Wildman–Crippen MR) is 75.9 cm³/mol. The van der Waals surface area contributed by atoms with Crippen LogP contribution in [0.3, 0.4) is 0 Å². The fourth-order valence-electron chi connectivity index (χ4n) is 2.24. The van der Waals surface area contributed by atoms with Crippen molar-refractivity contribution in [3.63, 3.8) is 0 Å². The first-order chi connectivity index (χ1) is 10.4. The van der Waals surface area contributed by atoms with Crippen LogP contribution in [0.1, 0.15) is 10.5 Å². The van der Waals surface area contributed by atoms with E-state index in [9.17, 15) is 18.0 Å². The molecule has 1 aromatic rings. The Balaban J connectivity index is 1.98. The molecule has 1 amide bonds. The van der Waals surface area contributed by atoms with E-state index in [0.717, 1.165) is 0 Å². The Morgan fingerprint density at radius 1 is 1.41 bits per heavy atom. The number of rotatable bonds is 4. The lowest BCUT2D eigenvalue weighted by molar-refractivity contribution is -0.183. The minimum absolute atomic E-state index is 0.0330. The maximum atomic E-state index is 13.2. The van der Waals surface area contributed by atoms with E-state index >= 15 is 0 Å². The monoisotopic (exact) mass is 336 g/mol. The molecule has 1 fully saturated rings. The van der Waals surface area contributed by atoms with Gasteiger partial charge in [0, 0.05) is 38.9 Å². The zero-order valence-electron chi connectivity index (χ0n) is 11.7. The van der Waals surface area contributed by atoms with Crippen molar-refractivity contribution in [1.82, 2.24) is 20.5 Å². The first-order valence-electron chi connectivity index (χ1n) is 6.79. The quantitative estimate of drug-likeness (QED) is 0.870. The van der Waals surface area contributed by atoms with Crippen LogP contribution in [0.4, 0.5) is 13.2 Å². The maximum Gasteiger partial charge on any atom is 0.405 e. The van der Waals surface area contributed by atoms with Gasteiger partial charge in [0.15, 0.2) is 0 Å². The number of alkyl halides is 3. The van der Waals surface area contributed by atoms with Gasteiger partial charge < -0.3 is 10.6 Å². The molecule has 1 atom stereocenters. The summed E-state index contributed by atoms with van der Waals surface area (Å²) >= 11 is 5.65. The molecule has 1 aliphatic heterocycles. The summed E-state index contributed by atoms with van der Waals surface area (Å²) < 4.78 is 39.5. The van der Waals surface area contributed by atoms with Gasteiger partial charge in [-0.05, 0) is 12.1 Å². The van der Waals surface area contributed by atoms with Crippen LogP contribution >= 0.6 is 11.6 Å². The molecular weight excluding hydrogens is 321 g/mol. The summed E-state index contributed by atoms with van der Waals surface area (Å²) in [5.41, 5.74) is 0.0330. The first-order valence-corrected chi connectivity index (χ1v) is 7.17. The van der Waals surface area contributed by atoms with Crippen molar-refractivity contribution in [3.8, 4) is 0 Å². The first kappa shape index (κ1) is 17.0. The number of halogens is 4. The lowest BCUT2D eigenvalue weighted by atomic mass is 10.2. The summed E-state index contributed by atoms with van der Waals surface area (Å²) in [6, 6.07) is 1.12. The molecule has 1 unspecified atom stereocenters. The van der Waals surface area contributed by atoms with Crippen molar-refractivity contribution in [1.29, 1.82) is 0 Å². The third-order valence-electron chi connectivity index (χ3n) is 3.39. The van der Waals surface area contributed by atoms with Crippen molar-refractivity contribution in [2.24, 2.45) is 0 Å². The van der Waals surface area contributed by atoms with Crippen LogP contribution in [0.25, 0.3) is 0 Å². The summed E-state index contributed by atoms with van der Waals surface area (Å²) in [6.07, 6.45) is -3.13. The lowest BCUT2D eigenvalue weighted by Gasteiger charge is -2.35. The molecule has 2 heterocycles. The zero-order chi connectivity index (χ0) is 16.2. The molecule has 9 heteroatoms. The van der Waals surface area contributed by atoms with Gasteiger partial charge in [-0.2, -0.15) is 13.2 Å². The van der Waals surface area contributed by atoms with Gasteiger partial charge in [0.1, 0.15) is 11.7 Å². The molecule has 0 radical (unpaired) electrons.